The fraction of sp³-hybridized carbons (Fsp3) is 0.850. The lowest BCUT2D eigenvalue weighted by Crippen LogP contribution is -1.86. The van der Waals surface area contributed by atoms with Crippen molar-refractivity contribution in [1.82, 2.24) is 0 Å². The summed E-state index contributed by atoms with van der Waals surface area (Å²) in [6.07, 6.45) is 25.0. The molecular weight excluding hydrogens is 292 g/mol. The molecule has 0 atom stereocenters. The molecule has 0 saturated carbocycles. The van der Waals surface area contributed by atoms with Crippen molar-refractivity contribution in [2.24, 2.45) is 0 Å². The first-order valence-corrected chi connectivity index (χ1v) is 9.94. The van der Waals surface area contributed by atoms with Gasteiger partial charge in [0.25, 0.3) is 0 Å². The third-order valence-corrected chi connectivity index (χ3v) is 4.42. The molecule has 0 N–H and O–H groups in total. The lowest BCUT2D eigenvalue weighted by atomic mass is 10.0. The quantitative estimate of drug-likeness (QED) is 0.153. The highest BCUT2D eigenvalue weighted by Crippen LogP contribution is 2.14. The first-order chi connectivity index (χ1) is 10.8. The normalized spacial score (nSPS) is 11.4. The summed E-state index contributed by atoms with van der Waals surface area (Å²) < 4.78 is 0. The number of unbranched alkanes of at least 4 members (excludes halogenated alkanes) is 14. The van der Waals surface area contributed by atoms with Gasteiger partial charge in [0.1, 0.15) is 0 Å². The van der Waals surface area contributed by atoms with Crippen LogP contribution in [0, 0.1) is 0 Å². The third-order valence-electron chi connectivity index (χ3n) is 4.23. The molecule has 0 unspecified atom stereocenters. The lowest BCUT2D eigenvalue weighted by Gasteiger charge is -2.03. The Hall–Kier alpha value is -0.300. The highest BCUT2D eigenvalue weighted by molar-refractivity contribution is 6.63. The predicted octanol–water partition coefficient (Wildman–Crippen LogP) is 7.57. The number of hydrogen-bond donors (Lipinski definition) is 0. The molecule has 0 aliphatic rings. The Bertz CT molecular complexity index is 260. The van der Waals surface area contributed by atoms with Gasteiger partial charge in [-0.1, -0.05) is 89.2 Å². The van der Waals surface area contributed by atoms with Crippen molar-refractivity contribution in [1.29, 1.82) is 0 Å². The van der Waals surface area contributed by atoms with Crippen LogP contribution in [0.1, 0.15) is 110 Å². The van der Waals surface area contributed by atoms with Gasteiger partial charge >= 0.3 is 0 Å². The largest absolute Gasteiger partial charge is 0.281 e. The monoisotopic (exact) mass is 328 g/mol. The molecule has 0 saturated heterocycles. The van der Waals surface area contributed by atoms with Gasteiger partial charge in [-0.15, -0.1) is 0 Å². The standard InChI is InChI=1S/C20H37ClO/c1-2-3-4-5-6-7-8-9-10-11-12-13-14-15-16-17-18-19-20(21)22/h2-3H,4-19H2,1H3/b3-2+. The molecule has 0 spiro atoms. The van der Waals surface area contributed by atoms with Crippen molar-refractivity contribution in [3.63, 3.8) is 0 Å². The van der Waals surface area contributed by atoms with Crippen molar-refractivity contribution in [3.05, 3.63) is 12.2 Å². The summed E-state index contributed by atoms with van der Waals surface area (Å²) in [5.41, 5.74) is 0. The van der Waals surface area contributed by atoms with E-state index >= 15 is 0 Å². The summed E-state index contributed by atoms with van der Waals surface area (Å²) in [7, 11) is 0. The van der Waals surface area contributed by atoms with E-state index in [4.69, 9.17) is 11.6 Å². The molecule has 0 bridgehead atoms. The number of carbonyl (C=O) groups is 1. The van der Waals surface area contributed by atoms with Crippen LogP contribution in [-0.4, -0.2) is 5.24 Å². The molecule has 0 amide bonds. The smallest absolute Gasteiger partial charge is 0.221 e. The number of hydrogen-bond acceptors (Lipinski definition) is 1. The van der Waals surface area contributed by atoms with Crippen LogP contribution in [0.3, 0.4) is 0 Å². The van der Waals surface area contributed by atoms with Crippen molar-refractivity contribution < 1.29 is 4.79 Å². The average molecular weight is 329 g/mol. The van der Waals surface area contributed by atoms with Crippen LogP contribution in [0.15, 0.2) is 12.2 Å². The van der Waals surface area contributed by atoms with Gasteiger partial charge in [0.15, 0.2) is 0 Å². The molecule has 0 aromatic rings. The lowest BCUT2D eigenvalue weighted by molar-refractivity contribution is -0.111. The maximum absolute atomic E-state index is 10.6. The van der Waals surface area contributed by atoms with E-state index in [2.05, 4.69) is 19.1 Å². The molecule has 130 valence electrons. The molecule has 0 aromatic carbocycles. The number of carbonyl (C=O) groups excluding carboxylic acids is 1. The van der Waals surface area contributed by atoms with E-state index in [1.54, 1.807) is 0 Å². The van der Waals surface area contributed by atoms with E-state index in [0.717, 1.165) is 12.8 Å². The maximum Gasteiger partial charge on any atom is 0.221 e. The minimum absolute atomic E-state index is 0.183. The van der Waals surface area contributed by atoms with Gasteiger partial charge in [0.05, 0.1) is 0 Å². The van der Waals surface area contributed by atoms with E-state index in [0.29, 0.717) is 6.42 Å². The zero-order valence-electron chi connectivity index (χ0n) is 14.8. The zero-order valence-corrected chi connectivity index (χ0v) is 15.5. The average Bonchev–Trinajstić information content (AvgIpc) is 2.50. The van der Waals surface area contributed by atoms with Crippen LogP contribution in [-0.2, 0) is 4.79 Å². The zero-order chi connectivity index (χ0) is 16.3. The Morgan fingerprint density at radius 1 is 0.682 bits per heavy atom. The van der Waals surface area contributed by atoms with Gasteiger partial charge in [-0.25, -0.2) is 0 Å². The van der Waals surface area contributed by atoms with E-state index in [1.165, 1.54) is 83.5 Å². The summed E-state index contributed by atoms with van der Waals surface area (Å²) in [6.45, 7) is 2.10. The Kier molecular flexibility index (Phi) is 18.5. The minimum Gasteiger partial charge on any atom is -0.281 e. The molecule has 2 heteroatoms. The van der Waals surface area contributed by atoms with Gasteiger partial charge in [-0.2, -0.15) is 0 Å². The van der Waals surface area contributed by atoms with E-state index in [-0.39, 0.29) is 5.24 Å². The molecule has 0 aromatic heterocycles. The molecule has 1 nitrogen and oxygen atoms in total. The molecule has 0 aliphatic carbocycles. The first kappa shape index (κ1) is 21.7. The Balaban J connectivity index is 2.98. The van der Waals surface area contributed by atoms with Crippen molar-refractivity contribution in [2.75, 3.05) is 0 Å². The molecular formula is C20H37ClO. The van der Waals surface area contributed by atoms with E-state index in [1.807, 2.05) is 0 Å². The van der Waals surface area contributed by atoms with Crippen molar-refractivity contribution >= 4 is 16.8 Å². The van der Waals surface area contributed by atoms with Crippen molar-refractivity contribution in [3.8, 4) is 0 Å². The highest BCUT2D eigenvalue weighted by Gasteiger charge is 1.96. The highest BCUT2D eigenvalue weighted by atomic mass is 35.5. The van der Waals surface area contributed by atoms with Gasteiger partial charge in [0, 0.05) is 6.42 Å². The summed E-state index contributed by atoms with van der Waals surface area (Å²) in [5.74, 6) is 0. The number of rotatable bonds is 17. The van der Waals surface area contributed by atoms with Crippen LogP contribution in [0.2, 0.25) is 0 Å². The first-order valence-electron chi connectivity index (χ1n) is 9.57. The Morgan fingerprint density at radius 3 is 1.41 bits per heavy atom. The third kappa shape index (κ3) is 19.7. The number of allylic oxidation sites excluding steroid dienone is 2. The van der Waals surface area contributed by atoms with Crippen LogP contribution in [0.25, 0.3) is 0 Å². The van der Waals surface area contributed by atoms with E-state index in [9.17, 15) is 4.79 Å². The SMILES string of the molecule is C/C=C/CCCCCCCCCCCCCCCCC(=O)Cl. The molecule has 22 heavy (non-hydrogen) atoms. The molecule has 0 fully saturated rings. The fourth-order valence-electron chi connectivity index (χ4n) is 2.81. The summed E-state index contributed by atoms with van der Waals surface area (Å²) in [6, 6.07) is 0. The topological polar surface area (TPSA) is 17.1 Å². The van der Waals surface area contributed by atoms with Crippen LogP contribution in [0.5, 0.6) is 0 Å². The summed E-state index contributed by atoms with van der Waals surface area (Å²) >= 11 is 5.31. The summed E-state index contributed by atoms with van der Waals surface area (Å²) in [5, 5.41) is -0.183. The number of halogens is 1. The second-order valence-electron chi connectivity index (χ2n) is 6.41. The van der Waals surface area contributed by atoms with Crippen molar-refractivity contribution in [2.45, 2.75) is 110 Å². The van der Waals surface area contributed by atoms with E-state index < -0.39 is 0 Å². The van der Waals surface area contributed by atoms with Crippen LogP contribution >= 0.6 is 11.6 Å². The van der Waals surface area contributed by atoms with Gasteiger partial charge < -0.3 is 0 Å². The molecule has 0 rings (SSSR count). The second-order valence-corrected chi connectivity index (χ2v) is 6.83. The van der Waals surface area contributed by atoms with Crippen LogP contribution in [0.4, 0.5) is 0 Å². The van der Waals surface area contributed by atoms with Gasteiger partial charge in [-0.3, -0.25) is 4.79 Å². The van der Waals surface area contributed by atoms with Crippen LogP contribution < -0.4 is 0 Å². The summed E-state index contributed by atoms with van der Waals surface area (Å²) in [4.78, 5) is 10.6. The Morgan fingerprint density at radius 2 is 1.05 bits per heavy atom. The molecule has 0 radical (unpaired) electrons. The maximum atomic E-state index is 10.6. The molecule has 0 aliphatic heterocycles. The molecule has 0 heterocycles. The minimum atomic E-state index is -0.183. The van der Waals surface area contributed by atoms with Gasteiger partial charge in [-0.05, 0) is 37.8 Å². The van der Waals surface area contributed by atoms with Gasteiger partial charge in [0.2, 0.25) is 5.24 Å². The second kappa shape index (κ2) is 18.7. The predicted molar refractivity (Wildman–Crippen MR) is 99.5 cm³/mol. The fourth-order valence-corrected chi connectivity index (χ4v) is 2.95. The Labute approximate surface area is 143 Å².